The molecule has 1 N–H and O–H groups in total. The van der Waals surface area contributed by atoms with Crippen molar-refractivity contribution in [2.45, 2.75) is 27.7 Å². The second-order valence-corrected chi connectivity index (χ2v) is 7.36. The van der Waals surface area contributed by atoms with Crippen molar-refractivity contribution < 1.29 is 4.79 Å². The van der Waals surface area contributed by atoms with E-state index in [9.17, 15) is 4.79 Å². The lowest BCUT2D eigenvalue weighted by atomic mass is 10.1. The zero-order chi connectivity index (χ0) is 16.7. The Bertz CT molecular complexity index is 933. The average Bonchev–Trinajstić information content (AvgIpc) is 2.80. The number of nitrogens with zero attached hydrogens (tertiary/aromatic N) is 2. The molecule has 0 saturated heterocycles. The predicted molar refractivity (Wildman–Crippen MR) is 98.5 cm³/mol. The Morgan fingerprint density at radius 1 is 1.17 bits per heavy atom. The van der Waals surface area contributed by atoms with Crippen LogP contribution in [0.25, 0.3) is 10.2 Å². The third kappa shape index (κ3) is 3.01. The minimum Gasteiger partial charge on any atom is -0.321 e. The molecule has 0 spiro atoms. The van der Waals surface area contributed by atoms with Gasteiger partial charge in [-0.25, -0.2) is 9.97 Å². The normalized spacial score (nSPS) is 11.0. The SMILES string of the molecule is Cc1nc(C)c2c(C)c(C(=O)Nc3ccc(Br)c(C)c3)sc2n1. The van der Waals surface area contributed by atoms with E-state index in [1.807, 2.05) is 45.9 Å². The molecular weight excluding hydrogens is 374 g/mol. The topological polar surface area (TPSA) is 54.9 Å². The summed E-state index contributed by atoms with van der Waals surface area (Å²) in [6.45, 7) is 7.76. The highest BCUT2D eigenvalue weighted by atomic mass is 79.9. The van der Waals surface area contributed by atoms with Crippen LogP contribution in [0.2, 0.25) is 0 Å². The minimum absolute atomic E-state index is 0.107. The lowest BCUT2D eigenvalue weighted by molar-refractivity contribution is 0.103. The maximum absolute atomic E-state index is 12.6. The lowest BCUT2D eigenvalue weighted by Gasteiger charge is -2.06. The molecule has 118 valence electrons. The zero-order valence-corrected chi connectivity index (χ0v) is 15.7. The molecule has 0 unspecified atom stereocenters. The number of anilines is 1. The van der Waals surface area contributed by atoms with Gasteiger partial charge in [-0.2, -0.15) is 0 Å². The van der Waals surface area contributed by atoms with Gasteiger partial charge >= 0.3 is 0 Å². The first-order valence-corrected chi connectivity index (χ1v) is 8.79. The molecule has 0 bridgehead atoms. The maximum Gasteiger partial charge on any atom is 0.266 e. The largest absolute Gasteiger partial charge is 0.321 e. The third-order valence-electron chi connectivity index (χ3n) is 3.70. The van der Waals surface area contributed by atoms with Gasteiger partial charge in [0.25, 0.3) is 5.91 Å². The number of nitrogens with one attached hydrogen (secondary N) is 1. The van der Waals surface area contributed by atoms with Crippen molar-refractivity contribution in [1.29, 1.82) is 0 Å². The number of carbonyl (C=O) groups excluding carboxylic acids is 1. The van der Waals surface area contributed by atoms with Crippen LogP contribution in [0.4, 0.5) is 5.69 Å². The van der Waals surface area contributed by atoms with E-state index in [0.29, 0.717) is 4.88 Å². The fourth-order valence-corrected chi connectivity index (χ4v) is 4.02. The molecule has 2 heterocycles. The molecule has 1 amide bonds. The molecule has 0 aliphatic rings. The molecule has 0 aliphatic carbocycles. The highest BCUT2D eigenvalue weighted by Gasteiger charge is 2.18. The van der Waals surface area contributed by atoms with Crippen molar-refractivity contribution in [2.75, 3.05) is 5.32 Å². The molecular formula is C17H16BrN3OS. The zero-order valence-electron chi connectivity index (χ0n) is 13.3. The Hall–Kier alpha value is -1.79. The van der Waals surface area contributed by atoms with E-state index in [0.717, 1.165) is 43.0 Å². The van der Waals surface area contributed by atoms with Crippen LogP contribution >= 0.6 is 27.3 Å². The van der Waals surface area contributed by atoms with E-state index >= 15 is 0 Å². The van der Waals surface area contributed by atoms with Gasteiger partial charge in [0.2, 0.25) is 0 Å². The highest BCUT2D eigenvalue weighted by molar-refractivity contribution is 9.10. The van der Waals surface area contributed by atoms with E-state index in [1.54, 1.807) is 0 Å². The van der Waals surface area contributed by atoms with Crippen LogP contribution < -0.4 is 5.32 Å². The lowest BCUT2D eigenvalue weighted by Crippen LogP contribution is -2.11. The second kappa shape index (κ2) is 6.02. The third-order valence-corrected chi connectivity index (χ3v) is 5.78. The van der Waals surface area contributed by atoms with Crippen molar-refractivity contribution in [2.24, 2.45) is 0 Å². The van der Waals surface area contributed by atoms with Crippen LogP contribution in [-0.4, -0.2) is 15.9 Å². The van der Waals surface area contributed by atoms with E-state index in [4.69, 9.17) is 0 Å². The summed E-state index contributed by atoms with van der Waals surface area (Å²) in [5, 5.41) is 3.95. The highest BCUT2D eigenvalue weighted by Crippen LogP contribution is 2.32. The van der Waals surface area contributed by atoms with Crippen LogP contribution in [0, 0.1) is 27.7 Å². The Morgan fingerprint density at radius 2 is 1.91 bits per heavy atom. The number of rotatable bonds is 2. The van der Waals surface area contributed by atoms with Crippen molar-refractivity contribution in [3.63, 3.8) is 0 Å². The van der Waals surface area contributed by atoms with Gasteiger partial charge in [0.05, 0.1) is 4.88 Å². The van der Waals surface area contributed by atoms with Crippen LogP contribution in [0.15, 0.2) is 22.7 Å². The second-order valence-electron chi connectivity index (χ2n) is 5.51. The molecule has 2 aromatic heterocycles. The summed E-state index contributed by atoms with van der Waals surface area (Å²) in [7, 11) is 0. The van der Waals surface area contributed by atoms with Gasteiger partial charge in [-0.05, 0) is 57.0 Å². The fourth-order valence-electron chi connectivity index (χ4n) is 2.60. The molecule has 0 saturated carbocycles. The Balaban J connectivity index is 1.99. The van der Waals surface area contributed by atoms with E-state index in [1.165, 1.54) is 11.3 Å². The molecule has 0 fully saturated rings. The quantitative estimate of drug-likeness (QED) is 0.674. The number of hydrogen-bond acceptors (Lipinski definition) is 4. The molecule has 0 aliphatic heterocycles. The number of aromatic nitrogens is 2. The van der Waals surface area contributed by atoms with Crippen molar-refractivity contribution in [3.8, 4) is 0 Å². The van der Waals surface area contributed by atoms with Gasteiger partial charge in [-0.1, -0.05) is 15.9 Å². The average molecular weight is 390 g/mol. The van der Waals surface area contributed by atoms with Gasteiger partial charge in [0.1, 0.15) is 10.7 Å². The number of hydrogen-bond donors (Lipinski definition) is 1. The molecule has 6 heteroatoms. The first kappa shape index (κ1) is 16.1. The number of fused-ring (bicyclic) bond motifs is 1. The summed E-state index contributed by atoms with van der Waals surface area (Å²) in [5.41, 5.74) is 3.72. The number of benzene rings is 1. The van der Waals surface area contributed by atoms with Crippen LogP contribution in [0.3, 0.4) is 0 Å². The number of thiophene rings is 1. The summed E-state index contributed by atoms with van der Waals surface area (Å²) in [4.78, 5) is 23.0. The number of carbonyl (C=O) groups is 1. The first-order chi connectivity index (χ1) is 10.9. The number of halogens is 1. The van der Waals surface area contributed by atoms with E-state index in [-0.39, 0.29) is 5.91 Å². The summed E-state index contributed by atoms with van der Waals surface area (Å²) in [6, 6.07) is 5.76. The molecule has 0 radical (unpaired) electrons. The summed E-state index contributed by atoms with van der Waals surface area (Å²) in [6.07, 6.45) is 0. The van der Waals surface area contributed by atoms with Gasteiger partial charge in [0.15, 0.2) is 0 Å². The van der Waals surface area contributed by atoms with Crippen molar-refractivity contribution in [3.05, 3.63) is 50.2 Å². The number of amides is 1. The van der Waals surface area contributed by atoms with E-state index in [2.05, 4.69) is 31.2 Å². The van der Waals surface area contributed by atoms with Gasteiger partial charge < -0.3 is 5.32 Å². The first-order valence-electron chi connectivity index (χ1n) is 7.18. The Kier molecular flexibility index (Phi) is 4.21. The standard InChI is InChI=1S/C17H16BrN3OS/c1-8-7-12(5-6-13(8)18)21-16(22)15-9(2)14-10(3)19-11(4)20-17(14)23-15/h5-7H,1-4H3,(H,21,22). The molecule has 23 heavy (non-hydrogen) atoms. The molecule has 3 aromatic rings. The smallest absolute Gasteiger partial charge is 0.266 e. The maximum atomic E-state index is 12.6. The van der Waals surface area contributed by atoms with Gasteiger partial charge in [-0.15, -0.1) is 11.3 Å². The number of aryl methyl sites for hydroxylation is 4. The molecule has 4 nitrogen and oxygen atoms in total. The predicted octanol–water partition coefficient (Wildman–Crippen LogP) is 4.94. The monoisotopic (exact) mass is 389 g/mol. The molecule has 0 atom stereocenters. The molecule has 3 rings (SSSR count). The summed E-state index contributed by atoms with van der Waals surface area (Å²) < 4.78 is 1.02. The van der Waals surface area contributed by atoms with Crippen LogP contribution in [0.5, 0.6) is 0 Å². The summed E-state index contributed by atoms with van der Waals surface area (Å²) in [5.74, 6) is 0.621. The van der Waals surface area contributed by atoms with Gasteiger partial charge in [0, 0.05) is 21.2 Å². The summed E-state index contributed by atoms with van der Waals surface area (Å²) >= 11 is 4.88. The van der Waals surface area contributed by atoms with Crippen molar-refractivity contribution >= 4 is 49.1 Å². The van der Waals surface area contributed by atoms with Gasteiger partial charge in [-0.3, -0.25) is 4.79 Å². The molecule has 1 aromatic carbocycles. The minimum atomic E-state index is -0.107. The fraction of sp³-hybridized carbons (Fsp3) is 0.235. The van der Waals surface area contributed by atoms with Crippen molar-refractivity contribution in [1.82, 2.24) is 9.97 Å². The Morgan fingerprint density at radius 3 is 2.61 bits per heavy atom. The van der Waals surface area contributed by atoms with Crippen LogP contribution in [-0.2, 0) is 0 Å². The van der Waals surface area contributed by atoms with E-state index < -0.39 is 0 Å². The Labute approximate surface area is 147 Å². The van der Waals surface area contributed by atoms with Crippen LogP contribution in [0.1, 0.15) is 32.3 Å².